The van der Waals surface area contributed by atoms with Gasteiger partial charge in [0.25, 0.3) is 0 Å². The molecule has 1 heterocycles. The molecule has 2 aromatic carbocycles. The van der Waals surface area contributed by atoms with E-state index in [1.54, 1.807) is 36.2 Å². The van der Waals surface area contributed by atoms with Crippen LogP contribution >= 0.6 is 24.8 Å². The molecule has 1 aliphatic heterocycles. The van der Waals surface area contributed by atoms with Crippen molar-refractivity contribution in [1.29, 1.82) is 0 Å². The Kier molecular flexibility index (Phi) is 14.1. The number of ether oxygens (including phenoxy) is 1. The molecule has 2 amide bonds. The van der Waals surface area contributed by atoms with Gasteiger partial charge in [0, 0.05) is 52.7 Å². The topological polar surface area (TPSA) is 94.1 Å². The number of rotatable bonds is 10. The summed E-state index contributed by atoms with van der Waals surface area (Å²) in [6.45, 7) is 5.21. The van der Waals surface area contributed by atoms with Gasteiger partial charge in [0.1, 0.15) is 18.4 Å². The lowest BCUT2D eigenvalue weighted by atomic mass is 10.0. The average Bonchev–Trinajstić information content (AvgIpc) is 2.84. The Bertz CT molecular complexity index is 881. The molecular formula is C25H36Cl2N4O4. The van der Waals surface area contributed by atoms with Crippen molar-refractivity contribution in [1.82, 2.24) is 20.4 Å². The van der Waals surface area contributed by atoms with E-state index in [0.29, 0.717) is 19.5 Å². The van der Waals surface area contributed by atoms with Crippen molar-refractivity contribution in [2.24, 2.45) is 0 Å². The first-order valence-corrected chi connectivity index (χ1v) is 11.4. The van der Waals surface area contributed by atoms with Crippen molar-refractivity contribution < 1.29 is 19.4 Å². The number of phenols is 1. The number of phenolic OH excluding ortho intramolecular Hbond substituents is 1. The lowest BCUT2D eigenvalue weighted by Crippen LogP contribution is -2.49. The number of halogens is 2. The molecule has 8 nitrogen and oxygen atoms in total. The van der Waals surface area contributed by atoms with Gasteiger partial charge in [-0.1, -0.05) is 42.5 Å². The van der Waals surface area contributed by atoms with Gasteiger partial charge in [-0.15, -0.1) is 24.8 Å². The molecule has 1 aliphatic rings. The van der Waals surface area contributed by atoms with E-state index in [-0.39, 0.29) is 43.1 Å². The molecule has 1 atom stereocenters. The van der Waals surface area contributed by atoms with Gasteiger partial charge in [-0.05, 0) is 29.7 Å². The van der Waals surface area contributed by atoms with E-state index in [0.717, 1.165) is 43.7 Å². The Balaban J connectivity index is 0.00000306. The van der Waals surface area contributed by atoms with Crippen LogP contribution in [0.5, 0.6) is 5.75 Å². The summed E-state index contributed by atoms with van der Waals surface area (Å²) in [5.74, 6) is -0.0278. The van der Waals surface area contributed by atoms with Gasteiger partial charge >= 0.3 is 6.09 Å². The first-order valence-electron chi connectivity index (χ1n) is 11.4. The summed E-state index contributed by atoms with van der Waals surface area (Å²) in [4.78, 5) is 29.5. The summed E-state index contributed by atoms with van der Waals surface area (Å²) in [5, 5.41) is 15.6. The summed E-state index contributed by atoms with van der Waals surface area (Å²) in [6, 6.07) is 15.8. The van der Waals surface area contributed by atoms with Gasteiger partial charge in [0.15, 0.2) is 0 Å². The Morgan fingerprint density at radius 1 is 1.06 bits per heavy atom. The number of piperazine rings is 1. The summed E-state index contributed by atoms with van der Waals surface area (Å²) in [5.41, 5.74) is 1.98. The highest BCUT2D eigenvalue weighted by Crippen LogP contribution is 2.13. The van der Waals surface area contributed by atoms with Crippen molar-refractivity contribution >= 4 is 36.8 Å². The minimum absolute atomic E-state index is 0. The van der Waals surface area contributed by atoms with E-state index in [1.807, 2.05) is 30.3 Å². The maximum absolute atomic E-state index is 13.2. The van der Waals surface area contributed by atoms with Crippen LogP contribution in [-0.2, 0) is 22.4 Å². The predicted octanol–water partition coefficient (Wildman–Crippen LogP) is 2.48. The van der Waals surface area contributed by atoms with Gasteiger partial charge in [0.05, 0.1) is 0 Å². The van der Waals surface area contributed by atoms with Crippen LogP contribution in [0.1, 0.15) is 11.1 Å². The van der Waals surface area contributed by atoms with Crippen LogP contribution < -0.4 is 10.6 Å². The number of nitrogens with one attached hydrogen (secondary N) is 2. The molecule has 0 unspecified atom stereocenters. The molecule has 1 saturated heterocycles. The highest BCUT2D eigenvalue weighted by molar-refractivity contribution is 5.86. The van der Waals surface area contributed by atoms with E-state index in [2.05, 4.69) is 15.5 Å². The van der Waals surface area contributed by atoms with Gasteiger partial charge in [-0.25, -0.2) is 4.79 Å². The minimum Gasteiger partial charge on any atom is -0.508 e. The number of likely N-dealkylation sites (N-methyl/N-ethyl adjacent to an activating group) is 1. The molecule has 0 radical (unpaired) electrons. The van der Waals surface area contributed by atoms with Crippen molar-refractivity contribution in [3.05, 3.63) is 65.7 Å². The van der Waals surface area contributed by atoms with Crippen LogP contribution in [-0.4, -0.2) is 85.9 Å². The molecule has 0 saturated carbocycles. The SMILES string of the molecule is CN(CCc1ccccc1)C(=O)[C@H](Cc1ccc(O)cc1)NC(=O)OCCN1CCNCC1.Cl.Cl. The fourth-order valence-electron chi connectivity index (χ4n) is 3.77. The molecule has 1 fully saturated rings. The van der Waals surface area contributed by atoms with Crippen LogP contribution in [0.3, 0.4) is 0 Å². The maximum atomic E-state index is 13.2. The molecule has 3 N–H and O–H groups in total. The maximum Gasteiger partial charge on any atom is 0.407 e. The smallest absolute Gasteiger partial charge is 0.407 e. The molecule has 3 rings (SSSR count). The fourth-order valence-corrected chi connectivity index (χ4v) is 3.77. The van der Waals surface area contributed by atoms with Crippen molar-refractivity contribution in [2.45, 2.75) is 18.9 Å². The number of benzene rings is 2. The number of hydrogen-bond donors (Lipinski definition) is 3. The Morgan fingerprint density at radius 2 is 1.71 bits per heavy atom. The van der Waals surface area contributed by atoms with Gasteiger partial charge in [0.2, 0.25) is 5.91 Å². The molecule has 0 aromatic heterocycles. The first-order chi connectivity index (χ1) is 16.0. The summed E-state index contributed by atoms with van der Waals surface area (Å²) >= 11 is 0. The Morgan fingerprint density at radius 3 is 2.37 bits per heavy atom. The summed E-state index contributed by atoms with van der Waals surface area (Å²) in [6.07, 6.45) is 0.435. The molecule has 35 heavy (non-hydrogen) atoms. The van der Waals surface area contributed by atoms with E-state index >= 15 is 0 Å². The number of alkyl carbamates (subject to hydrolysis) is 1. The standard InChI is InChI=1S/C25H34N4O4.2ClH/c1-28(14-11-20-5-3-2-4-6-20)24(31)23(19-21-7-9-22(30)10-8-21)27-25(32)33-18-17-29-15-12-26-13-16-29;;/h2-10,23,26,30H,11-19H2,1H3,(H,27,32);2*1H/t23-;;/m0../s1. The normalized spacial score (nSPS) is 14.1. The average molecular weight is 527 g/mol. The third-order valence-electron chi connectivity index (χ3n) is 5.77. The lowest BCUT2D eigenvalue weighted by molar-refractivity contribution is -0.132. The van der Waals surface area contributed by atoms with Crippen LogP contribution in [0, 0.1) is 0 Å². The number of nitrogens with zero attached hydrogens (tertiary/aromatic N) is 2. The molecule has 0 aliphatic carbocycles. The molecule has 0 spiro atoms. The Labute approximate surface area is 219 Å². The number of carbonyl (C=O) groups excluding carboxylic acids is 2. The molecule has 10 heteroatoms. The van der Waals surface area contributed by atoms with E-state index < -0.39 is 12.1 Å². The molecular weight excluding hydrogens is 491 g/mol. The zero-order valence-electron chi connectivity index (χ0n) is 20.0. The number of carbonyl (C=O) groups is 2. The minimum atomic E-state index is -0.762. The van der Waals surface area contributed by atoms with Gasteiger partial charge in [-0.2, -0.15) is 0 Å². The largest absolute Gasteiger partial charge is 0.508 e. The highest BCUT2D eigenvalue weighted by Gasteiger charge is 2.25. The third-order valence-corrected chi connectivity index (χ3v) is 5.77. The van der Waals surface area contributed by atoms with Crippen LogP contribution in [0.25, 0.3) is 0 Å². The van der Waals surface area contributed by atoms with Gasteiger partial charge < -0.3 is 25.4 Å². The van der Waals surface area contributed by atoms with Crippen molar-refractivity contribution in [3.8, 4) is 5.75 Å². The van der Waals surface area contributed by atoms with Crippen LogP contribution in [0.2, 0.25) is 0 Å². The zero-order valence-corrected chi connectivity index (χ0v) is 21.7. The monoisotopic (exact) mass is 526 g/mol. The van der Waals surface area contributed by atoms with Crippen molar-refractivity contribution in [2.75, 3.05) is 52.9 Å². The summed E-state index contributed by atoms with van der Waals surface area (Å²) < 4.78 is 5.37. The first kappa shape index (κ1) is 30.5. The Hall–Kier alpha value is -2.52. The van der Waals surface area contributed by atoms with Crippen LogP contribution in [0.4, 0.5) is 4.79 Å². The zero-order chi connectivity index (χ0) is 23.5. The van der Waals surface area contributed by atoms with E-state index in [1.165, 1.54) is 0 Å². The predicted molar refractivity (Wildman–Crippen MR) is 142 cm³/mol. The quantitative estimate of drug-likeness (QED) is 0.440. The number of amides is 2. The lowest BCUT2D eigenvalue weighted by Gasteiger charge is -2.27. The van der Waals surface area contributed by atoms with Crippen LogP contribution in [0.15, 0.2) is 54.6 Å². The van der Waals surface area contributed by atoms with E-state index in [9.17, 15) is 14.7 Å². The molecule has 194 valence electrons. The van der Waals surface area contributed by atoms with Gasteiger partial charge in [-0.3, -0.25) is 9.69 Å². The van der Waals surface area contributed by atoms with Crippen molar-refractivity contribution in [3.63, 3.8) is 0 Å². The fraction of sp³-hybridized carbons (Fsp3) is 0.440. The molecule has 2 aromatic rings. The third kappa shape index (κ3) is 10.7. The number of aromatic hydroxyl groups is 1. The second-order valence-corrected chi connectivity index (χ2v) is 8.29. The number of hydrogen-bond acceptors (Lipinski definition) is 6. The molecule has 0 bridgehead atoms. The summed E-state index contributed by atoms with van der Waals surface area (Å²) in [7, 11) is 1.74. The highest BCUT2D eigenvalue weighted by atomic mass is 35.5. The van der Waals surface area contributed by atoms with E-state index in [4.69, 9.17) is 4.74 Å². The second-order valence-electron chi connectivity index (χ2n) is 8.29. The second kappa shape index (κ2) is 16.2.